The zero-order valence-electron chi connectivity index (χ0n) is 7.29. The van der Waals surface area contributed by atoms with E-state index >= 15 is 0 Å². The number of hydrogen-bond acceptors (Lipinski definition) is 3. The monoisotopic (exact) mass is 169 g/mol. The van der Waals surface area contributed by atoms with Crippen molar-refractivity contribution < 1.29 is 14.4 Å². The lowest BCUT2D eigenvalue weighted by atomic mass is 10.0. The summed E-state index contributed by atoms with van der Waals surface area (Å²) < 4.78 is 4.85. The maximum Gasteiger partial charge on any atom is 0.310 e. The van der Waals surface area contributed by atoms with Gasteiger partial charge >= 0.3 is 5.97 Å². The third-order valence-corrected chi connectivity index (χ3v) is 1.89. The molecule has 1 aromatic heterocycles. The maximum atomic E-state index is 10.6. The molecule has 0 unspecified atom stereocenters. The molecule has 1 N–H and O–H groups in total. The lowest BCUT2D eigenvalue weighted by molar-refractivity contribution is -0.138. The molecule has 66 valence electrons. The van der Waals surface area contributed by atoms with Crippen molar-refractivity contribution in [3.8, 4) is 0 Å². The molecule has 1 rings (SSSR count). The quantitative estimate of drug-likeness (QED) is 0.728. The van der Waals surface area contributed by atoms with Crippen molar-refractivity contribution in [1.29, 1.82) is 0 Å². The van der Waals surface area contributed by atoms with E-state index in [0.717, 1.165) is 0 Å². The molecule has 0 fully saturated rings. The van der Waals surface area contributed by atoms with Gasteiger partial charge in [-0.1, -0.05) is 5.16 Å². The Bertz CT molecular complexity index is 284. The smallest absolute Gasteiger partial charge is 0.310 e. The van der Waals surface area contributed by atoms with E-state index < -0.39 is 11.9 Å². The number of rotatable bonds is 2. The van der Waals surface area contributed by atoms with E-state index in [9.17, 15) is 4.79 Å². The van der Waals surface area contributed by atoms with Crippen LogP contribution in [-0.4, -0.2) is 16.2 Å². The molecule has 0 radical (unpaired) electrons. The Balaban J connectivity index is 3.08. The molecular weight excluding hydrogens is 158 g/mol. The number of carboxylic acid groups (broad SMARTS) is 1. The standard InChI is InChI=1S/C8H11NO3/c1-4(8(10)11)7-5(2)9-12-6(7)3/h4H,1-3H3,(H,10,11)/t4-/m1/s1. The topological polar surface area (TPSA) is 63.3 Å². The van der Waals surface area contributed by atoms with E-state index in [2.05, 4.69) is 5.16 Å². The zero-order chi connectivity index (χ0) is 9.30. The Kier molecular flexibility index (Phi) is 2.17. The predicted molar refractivity (Wildman–Crippen MR) is 42.0 cm³/mol. The molecule has 0 aliphatic heterocycles. The first-order chi connectivity index (χ1) is 5.54. The molecule has 12 heavy (non-hydrogen) atoms. The van der Waals surface area contributed by atoms with Crippen LogP contribution in [0.4, 0.5) is 0 Å². The number of nitrogens with zero attached hydrogens (tertiary/aromatic N) is 1. The van der Waals surface area contributed by atoms with Gasteiger partial charge in [0, 0.05) is 5.56 Å². The van der Waals surface area contributed by atoms with E-state index in [1.54, 1.807) is 20.8 Å². The lowest BCUT2D eigenvalue weighted by Crippen LogP contribution is -2.08. The fraction of sp³-hybridized carbons (Fsp3) is 0.500. The van der Waals surface area contributed by atoms with Crippen LogP contribution in [0.2, 0.25) is 0 Å². The van der Waals surface area contributed by atoms with Crippen LogP contribution in [-0.2, 0) is 4.79 Å². The molecule has 0 bridgehead atoms. The predicted octanol–water partition coefficient (Wildman–Crippen LogP) is 1.48. The highest BCUT2D eigenvalue weighted by atomic mass is 16.5. The Morgan fingerprint density at radius 1 is 1.58 bits per heavy atom. The van der Waals surface area contributed by atoms with Crippen molar-refractivity contribution in [3.05, 3.63) is 17.0 Å². The highest BCUT2D eigenvalue weighted by molar-refractivity contribution is 5.76. The third-order valence-electron chi connectivity index (χ3n) is 1.89. The summed E-state index contributed by atoms with van der Waals surface area (Å²) in [6, 6.07) is 0. The van der Waals surface area contributed by atoms with Crippen LogP contribution in [0, 0.1) is 13.8 Å². The second-order valence-electron chi connectivity index (χ2n) is 2.80. The zero-order valence-corrected chi connectivity index (χ0v) is 7.29. The van der Waals surface area contributed by atoms with Gasteiger partial charge in [-0.2, -0.15) is 0 Å². The van der Waals surface area contributed by atoms with E-state index in [-0.39, 0.29) is 0 Å². The molecule has 0 aliphatic carbocycles. The maximum absolute atomic E-state index is 10.6. The average Bonchev–Trinajstić information content (AvgIpc) is 2.30. The lowest BCUT2D eigenvalue weighted by Gasteiger charge is -2.03. The number of aryl methyl sites for hydroxylation is 2. The van der Waals surface area contributed by atoms with Crippen LogP contribution in [0.15, 0.2) is 4.52 Å². The minimum absolute atomic E-state index is 0.545. The van der Waals surface area contributed by atoms with Gasteiger partial charge in [0.25, 0.3) is 0 Å². The van der Waals surface area contributed by atoms with Crippen LogP contribution in [0.5, 0.6) is 0 Å². The molecule has 1 heterocycles. The van der Waals surface area contributed by atoms with Crippen molar-refractivity contribution in [2.75, 3.05) is 0 Å². The van der Waals surface area contributed by atoms with Crippen LogP contribution >= 0.6 is 0 Å². The molecule has 0 amide bonds. The van der Waals surface area contributed by atoms with Gasteiger partial charge < -0.3 is 9.63 Å². The Hall–Kier alpha value is -1.32. The summed E-state index contributed by atoms with van der Waals surface area (Å²) >= 11 is 0. The molecule has 0 aromatic carbocycles. The Morgan fingerprint density at radius 2 is 2.17 bits per heavy atom. The summed E-state index contributed by atoms with van der Waals surface area (Å²) in [5.74, 6) is -0.817. The normalized spacial score (nSPS) is 12.9. The largest absolute Gasteiger partial charge is 0.481 e. The summed E-state index contributed by atoms with van der Waals surface area (Å²) in [6.07, 6.45) is 0. The van der Waals surface area contributed by atoms with Crippen molar-refractivity contribution in [2.24, 2.45) is 0 Å². The van der Waals surface area contributed by atoms with Gasteiger partial charge in [0.2, 0.25) is 0 Å². The van der Waals surface area contributed by atoms with E-state index in [1.807, 2.05) is 0 Å². The third kappa shape index (κ3) is 1.32. The van der Waals surface area contributed by atoms with E-state index in [0.29, 0.717) is 17.0 Å². The second-order valence-corrected chi connectivity index (χ2v) is 2.80. The number of hydrogen-bond donors (Lipinski definition) is 1. The summed E-state index contributed by atoms with van der Waals surface area (Å²) in [4.78, 5) is 10.6. The molecule has 0 spiro atoms. The SMILES string of the molecule is Cc1noc(C)c1[C@@H](C)C(=O)O. The van der Waals surface area contributed by atoms with E-state index in [1.165, 1.54) is 0 Å². The summed E-state index contributed by atoms with van der Waals surface area (Å²) in [5, 5.41) is 12.4. The molecular formula is C8H11NO3. The van der Waals surface area contributed by atoms with Gasteiger partial charge in [0.1, 0.15) is 5.76 Å². The average molecular weight is 169 g/mol. The highest BCUT2D eigenvalue weighted by Crippen LogP contribution is 2.22. The molecule has 1 aromatic rings. The van der Waals surface area contributed by atoms with Crippen molar-refractivity contribution >= 4 is 5.97 Å². The fourth-order valence-electron chi connectivity index (χ4n) is 1.23. The van der Waals surface area contributed by atoms with Gasteiger partial charge in [0.05, 0.1) is 11.6 Å². The van der Waals surface area contributed by atoms with Crippen molar-refractivity contribution in [3.63, 3.8) is 0 Å². The van der Waals surface area contributed by atoms with Gasteiger partial charge in [-0.25, -0.2) is 0 Å². The number of carboxylic acids is 1. The first-order valence-corrected chi connectivity index (χ1v) is 3.69. The molecule has 0 saturated heterocycles. The first-order valence-electron chi connectivity index (χ1n) is 3.69. The van der Waals surface area contributed by atoms with Crippen molar-refractivity contribution in [1.82, 2.24) is 5.16 Å². The second kappa shape index (κ2) is 2.97. The molecule has 1 atom stereocenters. The van der Waals surface area contributed by atoms with Crippen LogP contribution in [0.1, 0.15) is 29.9 Å². The summed E-state index contributed by atoms with van der Waals surface area (Å²) in [6.45, 7) is 5.08. The van der Waals surface area contributed by atoms with Crippen LogP contribution in [0.25, 0.3) is 0 Å². The molecule has 0 aliphatic rings. The van der Waals surface area contributed by atoms with E-state index in [4.69, 9.17) is 9.63 Å². The van der Waals surface area contributed by atoms with Gasteiger partial charge in [0.15, 0.2) is 0 Å². The molecule has 4 nitrogen and oxygen atoms in total. The fourth-order valence-corrected chi connectivity index (χ4v) is 1.23. The Labute approximate surface area is 70.2 Å². The molecule has 4 heteroatoms. The highest BCUT2D eigenvalue weighted by Gasteiger charge is 2.21. The summed E-state index contributed by atoms with van der Waals surface area (Å²) in [5.41, 5.74) is 1.34. The minimum atomic E-state index is -0.857. The summed E-state index contributed by atoms with van der Waals surface area (Å²) in [7, 11) is 0. The first kappa shape index (κ1) is 8.77. The van der Waals surface area contributed by atoms with Gasteiger partial charge in [-0.3, -0.25) is 4.79 Å². The number of aromatic nitrogens is 1. The number of aliphatic carboxylic acids is 1. The van der Waals surface area contributed by atoms with Crippen LogP contribution < -0.4 is 0 Å². The molecule has 0 saturated carbocycles. The van der Waals surface area contributed by atoms with Crippen LogP contribution in [0.3, 0.4) is 0 Å². The number of carbonyl (C=O) groups is 1. The van der Waals surface area contributed by atoms with Crippen molar-refractivity contribution in [2.45, 2.75) is 26.7 Å². The minimum Gasteiger partial charge on any atom is -0.481 e. The van der Waals surface area contributed by atoms with Gasteiger partial charge in [-0.05, 0) is 20.8 Å². The Morgan fingerprint density at radius 3 is 2.50 bits per heavy atom. The van der Waals surface area contributed by atoms with Gasteiger partial charge in [-0.15, -0.1) is 0 Å².